The van der Waals surface area contributed by atoms with Crippen molar-refractivity contribution in [1.29, 1.82) is 0 Å². The van der Waals surface area contributed by atoms with Crippen molar-refractivity contribution >= 4 is 0 Å². The Morgan fingerprint density at radius 3 is 2.89 bits per heavy atom. The predicted octanol–water partition coefficient (Wildman–Crippen LogP) is 2.15. The molecule has 3 aliphatic rings. The minimum Gasteiger partial charge on any atom is -0.345 e. The van der Waals surface area contributed by atoms with Crippen LogP contribution in [0, 0.1) is 0 Å². The fourth-order valence-electron chi connectivity index (χ4n) is 4.38. The van der Waals surface area contributed by atoms with Crippen molar-refractivity contribution in [2.24, 2.45) is 0 Å². The molecule has 1 spiro atoms. The van der Waals surface area contributed by atoms with E-state index in [2.05, 4.69) is 33.5 Å². The highest BCUT2D eigenvalue weighted by Crippen LogP contribution is 2.42. The largest absolute Gasteiger partial charge is 0.345 e. The SMILES string of the molecule is c1cc2n(c1)[C@H]1CCCC[C@@H]1NC21CCNCC1. The van der Waals surface area contributed by atoms with E-state index in [4.69, 9.17) is 0 Å². The van der Waals surface area contributed by atoms with Crippen molar-refractivity contribution in [1.82, 2.24) is 15.2 Å². The third-order valence-corrected chi connectivity index (χ3v) is 5.27. The maximum absolute atomic E-state index is 4.05. The quantitative estimate of drug-likeness (QED) is 0.733. The van der Waals surface area contributed by atoms with Gasteiger partial charge in [0.05, 0.1) is 5.54 Å². The molecule has 3 heteroatoms. The molecule has 0 unspecified atom stereocenters. The van der Waals surface area contributed by atoms with Crippen molar-refractivity contribution in [3.05, 3.63) is 24.0 Å². The van der Waals surface area contributed by atoms with Crippen LogP contribution in [-0.4, -0.2) is 23.7 Å². The number of nitrogens with zero attached hydrogens (tertiary/aromatic N) is 1. The van der Waals surface area contributed by atoms with Gasteiger partial charge < -0.3 is 15.2 Å². The van der Waals surface area contributed by atoms with E-state index in [-0.39, 0.29) is 5.54 Å². The van der Waals surface area contributed by atoms with Gasteiger partial charge in [0.15, 0.2) is 0 Å². The van der Waals surface area contributed by atoms with E-state index in [1.54, 1.807) is 5.69 Å². The molecule has 2 aliphatic heterocycles. The molecule has 4 rings (SSSR count). The Labute approximate surface area is 109 Å². The van der Waals surface area contributed by atoms with Crippen molar-refractivity contribution in [3.8, 4) is 0 Å². The molecule has 1 saturated carbocycles. The number of fused-ring (bicyclic) bond motifs is 4. The van der Waals surface area contributed by atoms with Gasteiger partial charge in [-0.25, -0.2) is 0 Å². The van der Waals surface area contributed by atoms with Gasteiger partial charge in [-0.1, -0.05) is 12.8 Å². The molecule has 3 nitrogen and oxygen atoms in total. The molecule has 1 saturated heterocycles. The average Bonchev–Trinajstić information content (AvgIpc) is 2.90. The summed E-state index contributed by atoms with van der Waals surface area (Å²) in [7, 11) is 0. The maximum Gasteiger partial charge on any atom is 0.0615 e. The summed E-state index contributed by atoms with van der Waals surface area (Å²) >= 11 is 0. The third-order valence-electron chi connectivity index (χ3n) is 5.27. The van der Waals surface area contributed by atoms with Crippen molar-refractivity contribution in [2.45, 2.75) is 56.1 Å². The highest BCUT2D eigenvalue weighted by atomic mass is 15.2. The number of hydrogen-bond donors (Lipinski definition) is 2. The Kier molecular flexibility index (Phi) is 2.52. The number of hydrogen-bond acceptors (Lipinski definition) is 2. The number of piperidine rings is 1. The summed E-state index contributed by atoms with van der Waals surface area (Å²) in [5.41, 5.74) is 1.81. The molecule has 0 bridgehead atoms. The molecule has 2 fully saturated rings. The molecule has 98 valence electrons. The zero-order valence-corrected chi connectivity index (χ0v) is 11.0. The van der Waals surface area contributed by atoms with Gasteiger partial charge in [0.1, 0.15) is 0 Å². The molecule has 18 heavy (non-hydrogen) atoms. The van der Waals surface area contributed by atoms with Gasteiger partial charge >= 0.3 is 0 Å². The monoisotopic (exact) mass is 245 g/mol. The summed E-state index contributed by atoms with van der Waals surface area (Å²) < 4.78 is 2.60. The lowest BCUT2D eigenvalue weighted by Crippen LogP contribution is -2.60. The van der Waals surface area contributed by atoms with E-state index in [0.717, 1.165) is 13.1 Å². The lowest BCUT2D eigenvalue weighted by Gasteiger charge is -2.50. The third kappa shape index (κ3) is 1.50. The molecule has 0 amide bonds. The van der Waals surface area contributed by atoms with Crippen LogP contribution in [0.1, 0.15) is 50.3 Å². The van der Waals surface area contributed by atoms with Gasteiger partial charge in [-0.05, 0) is 50.9 Å². The van der Waals surface area contributed by atoms with Gasteiger partial charge in [-0.2, -0.15) is 0 Å². The molecule has 2 N–H and O–H groups in total. The van der Waals surface area contributed by atoms with E-state index >= 15 is 0 Å². The molecule has 2 atom stereocenters. The molecule has 1 aromatic rings. The first-order valence-electron chi connectivity index (χ1n) is 7.55. The van der Waals surface area contributed by atoms with Crippen LogP contribution in [0.5, 0.6) is 0 Å². The molecule has 3 heterocycles. The second-order valence-electron chi connectivity index (χ2n) is 6.24. The Morgan fingerprint density at radius 2 is 2.00 bits per heavy atom. The molecular formula is C15H23N3. The van der Waals surface area contributed by atoms with Gasteiger partial charge in [-0.15, -0.1) is 0 Å². The first-order valence-corrected chi connectivity index (χ1v) is 7.55. The summed E-state index contributed by atoms with van der Waals surface area (Å²) in [5, 5.41) is 7.55. The normalized spacial score (nSPS) is 34.0. The Bertz CT molecular complexity index is 431. The lowest BCUT2D eigenvalue weighted by molar-refractivity contribution is 0.114. The second kappa shape index (κ2) is 4.10. The van der Waals surface area contributed by atoms with E-state index < -0.39 is 0 Å². The molecule has 0 aromatic carbocycles. The molecular weight excluding hydrogens is 222 g/mol. The first-order chi connectivity index (χ1) is 8.89. The van der Waals surface area contributed by atoms with Crippen molar-refractivity contribution < 1.29 is 0 Å². The zero-order chi connectivity index (χ0) is 12.0. The minimum absolute atomic E-state index is 0.257. The van der Waals surface area contributed by atoms with Crippen LogP contribution in [0.4, 0.5) is 0 Å². The van der Waals surface area contributed by atoms with Crippen LogP contribution in [0.3, 0.4) is 0 Å². The summed E-state index contributed by atoms with van der Waals surface area (Å²) in [6, 6.07) is 6.02. The topological polar surface area (TPSA) is 29.0 Å². The van der Waals surface area contributed by atoms with Crippen LogP contribution >= 0.6 is 0 Å². The number of aromatic nitrogens is 1. The van der Waals surface area contributed by atoms with Gasteiger partial charge in [-0.3, -0.25) is 0 Å². The smallest absolute Gasteiger partial charge is 0.0615 e. The fourth-order valence-corrected chi connectivity index (χ4v) is 4.38. The van der Waals surface area contributed by atoms with Crippen molar-refractivity contribution in [2.75, 3.05) is 13.1 Å². The summed E-state index contributed by atoms with van der Waals surface area (Å²) in [4.78, 5) is 0. The molecule has 1 aliphatic carbocycles. The van der Waals surface area contributed by atoms with Crippen molar-refractivity contribution in [3.63, 3.8) is 0 Å². The Balaban J connectivity index is 1.77. The van der Waals surface area contributed by atoms with Gasteiger partial charge in [0, 0.05) is 24.0 Å². The average molecular weight is 245 g/mol. The molecule has 0 radical (unpaired) electrons. The minimum atomic E-state index is 0.257. The van der Waals surface area contributed by atoms with Crippen LogP contribution in [0.25, 0.3) is 0 Å². The summed E-state index contributed by atoms with van der Waals surface area (Å²) in [6.07, 6.45) is 10.3. The van der Waals surface area contributed by atoms with Crippen LogP contribution in [-0.2, 0) is 5.54 Å². The zero-order valence-electron chi connectivity index (χ0n) is 11.0. The highest BCUT2D eigenvalue weighted by Gasteiger charge is 2.44. The van der Waals surface area contributed by atoms with E-state index in [1.165, 1.54) is 38.5 Å². The number of nitrogens with one attached hydrogen (secondary N) is 2. The number of rotatable bonds is 0. The predicted molar refractivity (Wildman–Crippen MR) is 72.6 cm³/mol. The van der Waals surface area contributed by atoms with E-state index in [1.807, 2.05) is 0 Å². The van der Waals surface area contributed by atoms with Crippen LogP contribution in [0.2, 0.25) is 0 Å². The van der Waals surface area contributed by atoms with Crippen LogP contribution in [0.15, 0.2) is 18.3 Å². The lowest BCUT2D eigenvalue weighted by atomic mass is 9.78. The Hall–Kier alpha value is -0.800. The van der Waals surface area contributed by atoms with Crippen LogP contribution < -0.4 is 10.6 Å². The maximum atomic E-state index is 4.05. The Morgan fingerprint density at radius 1 is 1.17 bits per heavy atom. The molecule has 1 aromatic heterocycles. The second-order valence-corrected chi connectivity index (χ2v) is 6.24. The first kappa shape index (κ1) is 11.1. The summed E-state index contributed by atoms with van der Waals surface area (Å²) in [6.45, 7) is 2.30. The highest BCUT2D eigenvalue weighted by molar-refractivity contribution is 5.25. The fraction of sp³-hybridized carbons (Fsp3) is 0.733. The standard InChI is InChI=1S/C15H23N3/c1-2-5-13-12(4-1)17-15(7-9-16-10-8-15)14-6-3-11-18(13)14/h3,6,11-13,16-17H,1-2,4-5,7-10H2/t12-,13-/m0/s1. The van der Waals surface area contributed by atoms with Gasteiger partial charge in [0.2, 0.25) is 0 Å². The van der Waals surface area contributed by atoms with Gasteiger partial charge in [0.25, 0.3) is 0 Å². The summed E-state index contributed by atoms with van der Waals surface area (Å²) in [5.74, 6) is 0. The van der Waals surface area contributed by atoms with E-state index in [9.17, 15) is 0 Å². The van der Waals surface area contributed by atoms with E-state index in [0.29, 0.717) is 12.1 Å².